The van der Waals surface area contributed by atoms with Crippen molar-refractivity contribution >= 4 is 5.78 Å². The third-order valence-electron chi connectivity index (χ3n) is 3.41. The highest BCUT2D eigenvalue weighted by Crippen LogP contribution is 2.16. The van der Waals surface area contributed by atoms with Gasteiger partial charge in [-0.15, -0.1) is 0 Å². The van der Waals surface area contributed by atoms with Crippen molar-refractivity contribution in [2.24, 2.45) is 0 Å². The molecule has 0 fully saturated rings. The van der Waals surface area contributed by atoms with Gasteiger partial charge >= 0.3 is 0 Å². The van der Waals surface area contributed by atoms with Crippen LogP contribution in [0, 0.1) is 13.8 Å². The van der Waals surface area contributed by atoms with Crippen molar-refractivity contribution in [3.05, 3.63) is 64.5 Å². The highest BCUT2D eigenvalue weighted by molar-refractivity contribution is 5.97. The molecule has 0 saturated heterocycles. The second-order valence-electron chi connectivity index (χ2n) is 5.63. The van der Waals surface area contributed by atoms with Crippen molar-refractivity contribution < 1.29 is 4.79 Å². The van der Waals surface area contributed by atoms with Crippen LogP contribution in [-0.4, -0.2) is 10.8 Å². The normalized spacial score (nSPS) is 10.8. The first-order valence-electron chi connectivity index (χ1n) is 7.03. The lowest BCUT2D eigenvalue weighted by atomic mass is 9.98. The van der Waals surface area contributed by atoms with Gasteiger partial charge in [-0.25, -0.2) is 0 Å². The Kier molecular flexibility index (Phi) is 4.33. The summed E-state index contributed by atoms with van der Waals surface area (Å²) in [6, 6.07) is 12.0. The quantitative estimate of drug-likeness (QED) is 0.775. The summed E-state index contributed by atoms with van der Waals surface area (Å²) in [5, 5.41) is 0. The summed E-state index contributed by atoms with van der Waals surface area (Å²) in [5.74, 6) is 0.668. The predicted molar refractivity (Wildman–Crippen MR) is 82.3 cm³/mol. The number of nitrogens with zero attached hydrogens (tertiary/aromatic N) is 1. The van der Waals surface area contributed by atoms with E-state index < -0.39 is 0 Å². The third-order valence-corrected chi connectivity index (χ3v) is 3.41. The second kappa shape index (κ2) is 6.00. The van der Waals surface area contributed by atoms with Gasteiger partial charge in [-0.3, -0.25) is 9.78 Å². The van der Waals surface area contributed by atoms with Crippen molar-refractivity contribution in [3.8, 4) is 0 Å². The zero-order chi connectivity index (χ0) is 14.7. The van der Waals surface area contributed by atoms with Gasteiger partial charge in [0.1, 0.15) is 0 Å². The Bertz CT molecular complexity index is 592. The molecule has 2 aromatic rings. The number of benzene rings is 1. The van der Waals surface area contributed by atoms with Crippen LogP contribution in [0.15, 0.2) is 36.4 Å². The van der Waals surface area contributed by atoms with Crippen molar-refractivity contribution in [2.45, 2.75) is 40.0 Å². The third kappa shape index (κ3) is 3.53. The molecule has 20 heavy (non-hydrogen) atoms. The minimum atomic E-state index is 0.149. The van der Waals surface area contributed by atoms with Gasteiger partial charge in [-0.2, -0.15) is 0 Å². The molecule has 0 aliphatic carbocycles. The lowest BCUT2D eigenvalue weighted by molar-refractivity contribution is 0.0992. The van der Waals surface area contributed by atoms with Crippen LogP contribution < -0.4 is 0 Å². The molecule has 104 valence electrons. The molecule has 1 aromatic carbocycles. The minimum Gasteiger partial charge on any atom is -0.294 e. The average molecular weight is 267 g/mol. The van der Waals surface area contributed by atoms with E-state index in [0.717, 1.165) is 22.5 Å². The molecule has 1 aromatic heterocycles. The average Bonchev–Trinajstić information content (AvgIpc) is 2.38. The van der Waals surface area contributed by atoms with Crippen molar-refractivity contribution in [1.29, 1.82) is 0 Å². The monoisotopic (exact) mass is 267 g/mol. The maximum atomic E-state index is 12.3. The fourth-order valence-electron chi connectivity index (χ4n) is 2.30. The molecule has 0 unspecified atom stereocenters. The summed E-state index contributed by atoms with van der Waals surface area (Å²) in [6.45, 7) is 8.17. The number of carbonyl (C=O) groups excluding carboxylic acids is 1. The van der Waals surface area contributed by atoms with Gasteiger partial charge < -0.3 is 0 Å². The molecule has 0 aliphatic heterocycles. The number of aryl methyl sites for hydroxylation is 2. The Labute approximate surface area is 120 Å². The zero-order valence-corrected chi connectivity index (χ0v) is 12.6. The van der Waals surface area contributed by atoms with E-state index in [-0.39, 0.29) is 5.78 Å². The Hall–Kier alpha value is -1.96. The molecule has 2 heteroatoms. The lowest BCUT2D eigenvalue weighted by Gasteiger charge is -2.07. The maximum Gasteiger partial charge on any atom is 0.167 e. The number of hydrogen-bond donors (Lipinski definition) is 0. The fourth-order valence-corrected chi connectivity index (χ4v) is 2.30. The van der Waals surface area contributed by atoms with Crippen LogP contribution in [0.1, 0.15) is 52.6 Å². The molecular formula is C18H21NO. The van der Waals surface area contributed by atoms with Gasteiger partial charge in [-0.1, -0.05) is 38.1 Å². The van der Waals surface area contributed by atoms with E-state index in [0.29, 0.717) is 12.3 Å². The Morgan fingerprint density at radius 3 is 2.10 bits per heavy atom. The van der Waals surface area contributed by atoms with Gasteiger partial charge in [-0.05, 0) is 43.0 Å². The first-order valence-corrected chi connectivity index (χ1v) is 7.03. The Morgan fingerprint density at radius 1 is 1.05 bits per heavy atom. The summed E-state index contributed by atoms with van der Waals surface area (Å²) >= 11 is 0. The molecule has 0 atom stereocenters. The molecule has 2 nitrogen and oxygen atoms in total. The molecular weight excluding hydrogens is 246 g/mol. The molecule has 0 saturated carbocycles. The lowest BCUT2D eigenvalue weighted by Crippen LogP contribution is -2.05. The second-order valence-corrected chi connectivity index (χ2v) is 5.63. The van der Waals surface area contributed by atoms with Gasteiger partial charge in [0.05, 0.1) is 0 Å². The summed E-state index contributed by atoms with van der Waals surface area (Å²) < 4.78 is 0. The highest BCUT2D eigenvalue weighted by atomic mass is 16.1. The smallest absolute Gasteiger partial charge is 0.167 e. The number of carbonyl (C=O) groups is 1. The van der Waals surface area contributed by atoms with Crippen LogP contribution in [0.5, 0.6) is 0 Å². The van der Waals surface area contributed by atoms with Crippen LogP contribution >= 0.6 is 0 Å². The number of rotatable bonds is 4. The van der Waals surface area contributed by atoms with Crippen LogP contribution in [0.4, 0.5) is 0 Å². The van der Waals surface area contributed by atoms with Crippen LogP contribution in [0.2, 0.25) is 0 Å². The van der Waals surface area contributed by atoms with Crippen molar-refractivity contribution in [3.63, 3.8) is 0 Å². The van der Waals surface area contributed by atoms with E-state index >= 15 is 0 Å². The van der Waals surface area contributed by atoms with Crippen LogP contribution in [0.25, 0.3) is 0 Å². The standard InChI is InChI=1S/C18H21NO/c1-12(2)16-7-5-15(6-8-16)11-18(20)17-9-13(3)19-14(4)10-17/h5-10,12H,11H2,1-4H3. The minimum absolute atomic E-state index is 0.149. The van der Waals surface area contributed by atoms with E-state index in [1.54, 1.807) is 0 Å². The molecule has 0 N–H and O–H groups in total. The highest BCUT2D eigenvalue weighted by Gasteiger charge is 2.09. The molecule has 0 aliphatic rings. The molecule has 0 spiro atoms. The summed E-state index contributed by atoms with van der Waals surface area (Å²) in [4.78, 5) is 16.6. The maximum absolute atomic E-state index is 12.3. The van der Waals surface area contributed by atoms with Crippen molar-refractivity contribution in [2.75, 3.05) is 0 Å². The van der Waals surface area contributed by atoms with Crippen LogP contribution in [-0.2, 0) is 6.42 Å². The fraction of sp³-hybridized carbons (Fsp3) is 0.333. The molecule has 1 heterocycles. The number of pyridine rings is 1. The first-order chi connectivity index (χ1) is 9.45. The molecule has 2 rings (SSSR count). The summed E-state index contributed by atoms with van der Waals surface area (Å²) in [7, 11) is 0. The SMILES string of the molecule is Cc1cc(C(=O)Cc2ccc(C(C)C)cc2)cc(C)n1. The Balaban J connectivity index is 2.14. The summed E-state index contributed by atoms with van der Waals surface area (Å²) in [5.41, 5.74) is 4.90. The topological polar surface area (TPSA) is 30.0 Å². The van der Waals surface area contributed by atoms with Gasteiger partial charge in [0.15, 0.2) is 5.78 Å². The van der Waals surface area contributed by atoms with E-state index in [1.807, 2.05) is 38.1 Å². The molecule has 0 amide bonds. The molecule has 0 radical (unpaired) electrons. The first kappa shape index (κ1) is 14.4. The largest absolute Gasteiger partial charge is 0.294 e. The van der Waals surface area contributed by atoms with E-state index in [1.165, 1.54) is 5.56 Å². The van der Waals surface area contributed by atoms with E-state index in [2.05, 4.69) is 31.0 Å². The number of aromatic nitrogens is 1. The van der Waals surface area contributed by atoms with Gasteiger partial charge in [0.25, 0.3) is 0 Å². The number of ketones is 1. The van der Waals surface area contributed by atoms with E-state index in [9.17, 15) is 4.79 Å². The Morgan fingerprint density at radius 2 is 1.60 bits per heavy atom. The summed E-state index contributed by atoms with van der Waals surface area (Å²) in [6.07, 6.45) is 0.446. The number of hydrogen-bond acceptors (Lipinski definition) is 2. The number of Topliss-reactive ketones (excluding diaryl/α,β-unsaturated/α-hetero) is 1. The van der Waals surface area contributed by atoms with E-state index in [4.69, 9.17) is 0 Å². The zero-order valence-electron chi connectivity index (χ0n) is 12.6. The predicted octanol–water partition coefficient (Wildman–Crippen LogP) is 4.25. The van der Waals surface area contributed by atoms with Gasteiger partial charge in [0, 0.05) is 23.4 Å². The van der Waals surface area contributed by atoms with Gasteiger partial charge in [0.2, 0.25) is 0 Å². The van der Waals surface area contributed by atoms with Crippen LogP contribution in [0.3, 0.4) is 0 Å². The van der Waals surface area contributed by atoms with Crippen molar-refractivity contribution in [1.82, 2.24) is 4.98 Å². The molecule has 0 bridgehead atoms.